The van der Waals surface area contributed by atoms with Crippen LogP contribution in [0.1, 0.15) is 13.8 Å². The van der Waals surface area contributed by atoms with E-state index in [-0.39, 0.29) is 11.7 Å². The summed E-state index contributed by atoms with van der Waals surface area (Å²) >= 11 is 0. The highest BCUT2D eigenvalue weighted by Crippen LogP contribution is 1.79. The zero-order valence-electron chi connectivity index (χ0n) is 6.36. The molecule has 0 saturated heterocycles. The molecule has 56 valence electrons. The molecule has 0 aliphatic rings. The summed E-state index contributed by atoms with van der Waals surface area (Å²) < 4.78 is 0. The summed E-state index contributed by atoms with van der Waals surface area (Å²) in [4.78, 5) is 14.3. The lowest BCUT2D eigenvalue weighted by Gasteiger charge is -1.95. The van der Waals surface area contributed by atoms with E-state index in [1.54, 1.807) is 6.92 Å². The van der Waals surface area contributed by atoms with Crippen LogP contribution in [0, 0.1) is 5.41 Å². The van der Waals surface area contributed by atoms with Gasteiger partial charge in [-0.05, 0) is 13.8 Å². The maximum atomic E-state index is 10.7. The first-order chi connectivity index (χ1) is 4.57. The maximum absolute atomic E-state index is 10.7. The lowest BCUT2D eigenvalue weighted by atomic mass is 10.4. The molecular weight excluding hydrogens is 130 g/mol. The molecule has 1 amide bonds. The fraction of sp³-hybridized carbons (Fsp3) is 0.500. The number of rotatable bonds is 1. The molecule has 0 aliphatic heterocycles. The van der Waals surface area contributed by atoms with E-state index in [4.69, 9.17) is 5.41 Å². The number of carbonyl (C=O) groups is 1. The van der Waals surface area contributed by atoms with Crippen LogP contribution in [0.15, 0.2) is 4.99 Å². The van der Waals surface area contributed by atoms with Gasteiger partial charge in [-0.2, -0.15) is 0 Å². The molecular formula is C6H11N3O. The third-order valence-corrected chi connectivity index (χ3v) is 0.891. The molecule has 0 atom stereocenters. The molecule has 10 heavy (non-hydrogen) atoms. The Morgan fingerprint density at radius 3 is 2.30 bits per heavy atom. The zero-order valence-corrected chi connectivity index (χ0v) is 6.36. The number of carbonyl (C=O) groups excluding carboxylic acids is 1. The molecule has 0 radical (unpaired) electrons. The van der Waals surface area contributed by atoms with E-state index < -0.39 is 0 Å². The molecule has 0 aromatic rings. The molecule has 0 aromatic heterocycles. The summed E-state index contributed by atoms with van der Waals surface area (Å²) in [7, 11) is 1.53. The van der Waals surface area contributed by atoms with Crippen LogP contribution in [0.2, 0.25) is 0 Å². The summed E-state index contributed by atoms with van der Waals surface area (Å²) in [5.41, 5.74) is 0.315. The van der Waals surface area contributed by atoms with Crippen molar-refractivity contribution in [2.24, 2.45) is 4.99 Å². The van der Waals surface area contributed by atoms with Crippen LogP contribution >= 0.6 is 0 Å². The minimum absolute atomic E-state index is 0.140. The van der Waals surface area contributed by atoms with E-state index in [9.17, 15) is 4.79 Å². The van der Waals surface area contributed by atoms with Gasteiger partial charge in [-0.15, -0.1) is 0 Å². The fourth-order valence-electron chi connectivity index (χ4n) is 0.483. The van der Waals surface area contributed by atoms with E-state index in [2.05, 4.69) is 10.3 Å². The van der Waals surface area contributed by atoms with Crippen molar-refractivity contribution in [3.63, 3.8) is 0 Å². The number of hydrogen-bond donors (Lipinski definition) is 2. The Labute approximate surface area is 59.9 Å². The quantitative estimate of drug-likeness (QED) is 0.397. The molecule has 0 aliphatic carbocycles. The number of nitrogens with one attached hydrogen (secondary N) is 2. The molecule has 0 rings (SSSR count). The van der Waals surface area contributed by atoms with Gasteiger partial charge in [0.25, 0.3) is 5.91 Å². The molecule has 4 heteroatoms. The van der Waals surface area contributed by atoms with Gasteiger partial charge < -0.3 is 5.32 Å². The Bertz CT molecular complexity index is 183. The van der Waals surface area contributed by atoms with E-state index in [1.165, 1.54) is 14.0 Å². The number of hydrogen-bond acceptors (Lipinski definition) is 2. The Hall–Kier alpha value is -1.19. The van der Waals surface area contributed by atoms with Crippen molar-refractivity contribution < 1.29 is 4.79 Å². The van der Waals surface area contributed by atoms with E-state index in [1.807, 2.05) is 0 Å². The van der Waals surface area contributed by atoms with Gasteiger partial charge >= 0.3 is 0 Å². The normalized spacial score (nSPS) is 10.9. The summed E-state index contributed by atoms with van der Waals surface area (Å²) in [6, 6.07) is 0. The zero-order chi connectivity index (χ0) is 8.15. The van der Waals surface area contributed by atoms with Gasteiger partial charge in [-0.1, -0.05) is 0 Å². The summed E-state index contributed by atoms with van der Waals surface area (Å²) in [6.45, 7) is 3.09. The van der Waals surface area contributed by atoms with Gasteiger partial charge in [0.05, 0.1) is 0 Å². The van der Waals surface area contributed by atoms with Crippen LogP contribution in [-0.2, 0) is 4.79 Å². The predicted octanol–water partition coefficient (Wildman–Crippen LogP) is 0.190. The first kappa shape index (κ1) is 8.81. The number of amidine groups is 1. The van der Waals surface area contributed by atoms with Crippen molar-refractivity contribution in [3.8, 4) is 0 Å². The van der Waals surface area contributed by atoms with Gasteiger partial charge in [-0.25, -0.2) is 4.99 Å². The minimum atomic E-state index is -0.244. The highest BCUT2D eigenvalue weighted by atomic mass is 16.1. The third-order valence-electron chi connectivity index (χ3n) is 0.891. The average Bonchev–Trinajstić information content (AvgIpc) is 1.85. The van der Waals surface area contributed by atoms with Crippen LogP contribution in [-0.4, -0.2) is 24.5 Å². The largest absolute Gasteiger partial charge is 0.354 e. The third kappa shape index (κ3) is 2.96. The van der Waals surface area contributed by atoms with Crippen molar-refractivity contribution >= 4 is 17.5 Å². The standard InChI is InChI=1S/C6H11N3O/c1-4(6(10)8-3)9-5(2)7/h7H,1-3H3,(H,8,10)/b7-5?,9-4-. The van der Waals surface area contributed by atoms with Crippen molar-refractivity contribution in [2.45, 2.75) is 13.8 Å². The van der Waals surface area contributed by atoms with Gasteiger partial charge in [-0.3, -0.25) is 10.2 Å². The minimum Gasteiger partial charge on any atom is -0.354 e. The number of amides is 1. The maximum Gasteiger partial charge on any atom is 0.265 e. The average molecular weight is 141 g/mol. The Morgan fingerprint density at radius 2 is 2.00 bits per heavy atom. The summed E-state index contributed by atoms with van der Waals surface area (Å²) in [5, 5.41) is 9.33. The Balaban J connectivity index is 4.19. The second-order valence-electron chi connectivity index (χ2n) is 1.86. The molecule has 0 unspecified atom stereocenters. The molecule has 0 saturated carbocycles. The predicted molar refractivity (Wildman–Crippen MR) is 40.6 cm³/mol. The Morgan fingerprint density at radius 1 is 1.50 bits per heavy atom. The molecule has 0 fully saturated rings. The van der Waals surface area contributed by atoms with Crippen LogP contribution in [0.4, 0.5) is 0 Å². The van der Waals surface area contributed by atoms with Crippen LogP contribution < -0.4 is 5.32 Å². The molecule has 0 spiro atoms. The highest BCUT2D eigenvalue weighted by Gasteiger charge is 2.00. The number of nitrogens with zero attached hydrogens (tertiary/aromatic N) is 1. The second kappa shape index (κ2) is 3.76. The van der Waals surface area contributed by atoms with E-state index in [0.29, 0.717) is 5.71 Å². The molecule has 0 heterocycles. The van der Waals surface area contributed by atoms with Crippen molar-refractivity contribution in [1.82, 2.24) is 5.32 Å². The van der Waals surface area contributed by atoms with E-state index in [0.717, 1.165) is 0 Å². The van der Waals surface area contributed by atoms with E-state index >= 15 is 0 Å². The SMILES string of the molecule is CNC(=O)/C(C)=N\C(C)=N. The topological polar surface area (TPSA) is 65.3 Å². The first-order valence-corrected chi connectivity index (χ1v) is 2.90. The number of aliphatic imine (C=N–C) groups is 1. The van der Waals surface area contributed by atoms with Crippen LogP contribution in [0.3, 0.4) is 0 Å². The molecule has 0 aromatic carbocycles. The monoisotopic (exact) mass is 141 g/mol. The summed E-state index contributed by atoms with van der Waals surface area (Å²) in [6.07, 6.45) is 0. The van der Waals surface area contributed by atoms with Gasteiger partial charge in [0, 0.05) is 7.05 Å². The lowest BCUT2D eigenvalue weighted by Crippen LogP contribution is -2.25. The van der Waals surface area contributed by atoms with Crippen molar-refractivity contribution in [1.29, 1.82) is 5.41 Å². The summed E-state index contributed by atoms with van der Waals surface area (Å²) in [5.74, 6) is -0.104. The lowest BCUT2D eigenvalue weighted by molar-refractivity contribution is -0.114. The van der Waals surface area contributed by atoms with Crippen LogP contribution in [0.25, 0.3) is 0 Å². The van der Waals surface area contributed by atoms with Gasteiger partial charge in [0.2, 0.25) is 0 Å². The fourth-order valence-corrected chi connectivity index (χ4v) is 0.483. The highest BCUT2D eigenvalue weighted by molar-refractivity contribution is 6.39. The Kier molecular flexibility index (Phi) is 3.32. The van der Waals surface area contributed by atoms with Crippen molar-refractivity contribution in [3.05, 3.63) is 0 Å². The molecule has 0 bridgehead atoms. The van der Waals surface area contributed by atoms with Crippen molar-refractivity contribution in [2.75, 3.05) is 7.05 Å². The smallest absolute Gasteiger partial charge is 0.265 e. The molecule has 4 nitrogen and oxygen atoms in total. The van der Waals surface area contributed by atoms with Crippen LogP contribution in [0.5, 0.6) is 0 Å². The second-order valence-corrected chi connectivity index (χ2v) is 1.86. The molecule has 2 N–H and O–H groups in total. The van der Waals surface area contributed by atoms with Gasteiger partial charge in [0.1, 0.15) is 11.5 Å². The first-order valence-electron chi connectivity index (χ1n) is 2.90. The van der Waals surface area contributed by atoms with Gasteiger partial charge in [0.15, 0.2) is 0 Å².